The van der Waals surface area contributed by atoms with Gasteiger partial charge >= 0.3 is 0 Å². The second-order valence-corrected chi connectivity index (χ2v) is 4.53. The lowest BCUT2D eigenvalue weighted by atomic mass is 10.2. The molecule has 94 valence electrons. The van der Waals surface area contributed by atoms with Crippen LogP contribution in [0.2, 0.25) is 0 Å². The fourth-order valence-electron chi connectivity index (χ4n) is 2.10. The van der Waals surface area contributed by atoms with Gasteiger partial charge in [-0.1, -0.05) is 25.7 Å². The van der Waals surface area contributed by atoms with Crippen LogP contribution in [0.25, 0.3) is 0 Å². The molecule has 16 heavy (non-hydrogen) atoms. The smallest absolute Gasteiger partial charge is 0.188 e. The van der Waals surface area contributed by atoms with E-state index in [4.69, 9.17) is 10.8 Å². The third kappa shape index (κ3) is 5.95. The Hall–Kier alpha value is -0.770. The molecule has 1 aliphatic carbocycles. The summed E-state index contributed by atoms with van der Waals surface area (Å²) in [5.74, 6) is 0.606. The van der Waals surface area contributed by atoms with Gasteiger partial charge in [0.05, 0.1) is 0 Å². The van der Waals surface area contributed by atoms with Crippen molar-refractivity contribution in [3.05, 3.63) is 0 Å². The molecule has 0 bridgehead atoms. The average molecular weight is 227 g/mol. The molecule has 4 heteroatoms. The number of nitrogens with zero attached hydrogens (tertiary/aromatic N) is 1. The molecule has 0 saturated heterocycles. The van der Waals surface area contributed by atoms with Gasteiger partial charge in [-0.05, 0) is 25.7 Å². The minimum absolute atomic E-state index is 0.300. The van der Waals surface area contributed by atoms with Crippen molar-refractivity contribution >= 4 is 5.96 Å². The Labute approximate surface area is 98.3 Å². The van der Waals surface area contributed by atoms with Gasteiger partial charge in [0.2, 0.25) is 0 Å². The Bertz CT molecular complexity index is 200. The van der Waals surface area contributed by atoms with E-state index in [2.05, 4.69) is 10.3 Å². The van der Waals surface area contributed by atoms with E-state index < -0.39 is 0 Å². The molecule has 1 rings (SSSR count). The number of aliphatic imine (C=N–C) groups is 1. The number of guanidine groups is 1. The molecular formula is C12H25N3O. The first kappa shape index (κ1) is 13.3. The van der Waals surface area contributed by atoms with Crippen molar-refractivity contribution in [3.8, 4) is 0 Å². The number of aliphatic hydroxyl groups excluding tert-OH is 1. The van der Waals surface area contributed by atoms with Gasteiger partial charge in [-0.3, -0.25) is 4.99 Å². The molecular weight excluding hydrogens is 202 g/mol. The molecule has 0 aromatic carbocycles. The first-order valence-electron chi connectivity index (χ1n) is 6.50. The summed E-state index contributed by atoms with van der Waals surface area (Å²) in [6, 6.07) is 0.554. The molecule has 0 aromatic heterocycles. The molecule has 1 saturated carbocycles. The van der Waals surface area contributed by atoms with Crippen LogP contribution in [-0.2, 0) is 0 Å². The normalized spacial score (nSPS) is 17.9. The fourth-order valence-corrected chi connectivity index (χ4v) is 2.10. The Morgan fingerprint density at radius 3 is 2.56 bits per heavy atom. The summed E-state index contributed by atoms with van der Waals surface area (Å²) in [5, 5.41) is 11.9. The van der Waals surface area contributed by atoms with Crippen molar-refractivity contribution in [2.45, 2.75) is 57.4 Å². The van der Waals surface area contributed by atoms with E-state index in [9.17, 15) is 0 Å². The van der Waals surface area contributed by atoms with Gasteiger partial charge < -0.3 is 16.2 Å². The summed E-state index contributed by atoms with van der Waals surface area (Å²) in [6.07, 6.45) is 9.26. The number of rotatable bonds is 7. The van der Waals surface area contributed by atoms with Crippen LogP contribution in [0.5, 0.6) is 0 Å². The molecule has 1 fully saturated rings. The molecule has 0 spiro atoms. The van der Waals surface area contributed by atoms with Crippen molar-refractivity contribution < 1.29 is 5.11 Å². The number of unbranched alkanes of at least 4 members (excludes halogenated alkanes) is 3. The van der Waals surface area contributed by atoms with E-state index in [0.29, 0.717) is 18.6 Å². The highest BCUT2D eigenvalue weighted by Gasteiger charge is 2.14. The maximum Gasteiger partial charge on any atom is 0.188 e. The fraction of sp³-hybridized carbons (Fsp3) is 0.917. The first-order valence-corrected chi connectivity index (χ1v) is 6.50. The van der Waals surface area contributed by atoms with E-state index in [-0.39, 0.29) is 0 Å². The average Bonchev–Trinajstić information content (AvgIpc) is 2.76. The molecule has 0 aromatic rings. The maximum atomic E-state index is 8.61. The summed E-state index contributed by atoms with van der Waals surface area (Å²) >= 11 is 0. The number of hydrogen-bond acceptors (Lipinski definition) is 2. The maximum absolute atomic E-state index is 8.61. The van der Waals surface area contributed by atoms with Gasteiger partial charge in [-0.15, -0.1) is 0 Å². The van der Waals surface area contributed by atoms with Crippen LogP contribution in [-0.4, -0.2) is 30.3 Å². The number of nitrogens with one attached hydrogen (secondary N) is 1. The molecule has 0 aliphatic heterocycles. The van der Waals surface area contributed by atoms with E-state index in [1.807, 2.05) is 0 Å². The second-order valence-electron chi connectivity index (χ2n) is 4.53. The summed E-state index contributed by atoms with van der Waals surface area (Å²) in [5.41, 5.74) is 5.79. The van der Waals surface area contributed by atoms with Crippen LogP contribution in [0, 0.1) is 0 Å². The van der Waals surface area contributed by atoms with Crippen LogP contribution in [0.3, 0.4) is 0 Å². The lowest BCUT2D eigenvalue weighted by Crippen LogP contribution is -2.38. The molecule has 0 amide bonds. The lowest BCUT2D eigenvalue weighted by molar-refractivity contribution is 0.282. The second kappa shape index (κ2) is 8.39. The van der Waals surface area contributed by atoms with Gasteiger partial charge in [-0.25, -0.2) is 0 Å². The number of nitrogens with two attached hydrogens (primary N) is 1. The molecule has 1 aliphatic rings. The van der Waals surface area contributed by atoms with Crippen molar-refractivity contribution in [2.24, 2.45) is 10.7 Å². The zero-order valence-corrected chi connectivity index (χ0v) is 10.1. The van der Waals surface area contributed by atoms with E-state index >= 15 is 0 Å². The third-order valence-electron chi connectivity index (χ3n) is 3.06. The van der Waals surface area contributed by atoms with E-state index in [1.54, 1.807) is 0 Å². The Balaban J connectivity index is 1.99. The van der Waals surface area contributed by atoms with E-state index in [1.165, 1.54) is 25.7 Å². The van der Waals surface area contributed by atoms with Crippen LogP contribution in [0.1, 0.15) is 51.4 Å². The van der Waals surface area contributed by atoms with Gasteiger partial charge in [0.15, 0.2) is 5.96 Å². The van der Waals surface area contributed by atoms with Crippen molar-refractivity contribution in [2.75, 3.05) is 13.2 Å². The Morgan fingerprint density at radius 2 is 1.88 bits per heavy atom. The monoisotopic (exact) mass is 227 g/mol. The zero-order valence-electron chi connectivity index (χ0n) is 10.1. The highest BCUT2D eigenvalue weighted by atomic mass is 16.2. The predicted octanol–water partition coefficient (Wildman–Crippen LogP) is 1.39. The minimum atomic E-state index is 0.300. The topological polar surface area (TPSA) is 70.6 Å². The minimum Gasteiger partial charge on any atom is -0.396 e. The molecule has 4 nitrogen and oxygen atoms in total. The first-order chi connectivity index (χ1) is 7.83. The zero-order chi connectivity index (χ0) is 11.6. The van der Waals surface area contributed by atoms with E-state index in [0.717, 1.165) is 32.2 Å². The van der Waals surface area contributed by atoms with Gasteiger partial charge in [-0.2, -0.15) is 0 Å². The van der Waals surface area contributed by atoms with Crippen molar-refractivity contribution in [1.82, 2.24) is 5.32 Å². The van der Waals surface area contributed by atoms with Gasteiger partial charge in [0.1, 0.15) is 0 Å². The summed E-state index contributed by atoms with van der Waals surface area (Å²) in [4.78, 5) is 4.31. The molecule has 0 unspecified atom stereocenters. The lowest BCUT2D eigenvalue weighted by Gasteiger charge is -2.12. The summed E-state index contributed by atoms with van der Waals surface area (Å²) < 4.78 is 0. The van der Waals surface area contributed by atoms with Gasteiger partial charge in [0.25, 0.3) is 0 Å². The molecule has 4 N–H and O–H groups in total. The predicted molar refractivity (Wildman–Crippen MR) is 67.4 cm³/mol. The highest BCUT2D eigenvalue weighted by molar-refractivity contribution is 5.78. The largest absolute Gasteiger partial charge is 0.396 e. The Morgan fingerprint density at radius 1 is 1.19 bits per heavy atom. The Kier molecular flexibility index (Phi) is 6.97. The molecule has 0 heterocycles. The number of hydrogen-bond donors (Lipinski definition) is 3. The third-order valence-corrected chi connectivity index (χ3v) is 3.06. The summed E-state index contributed by atoms with van der Waals surface area (Å²) in [7, 11) is 0. The van der Waals surface area contributed by atoms with Crippen LogP contribution in [0.4, 0.5) is 0 Å². The number of aliphatic hydroxyl groups is 1. The van der Waals surface area contributed by atoms with Crippen molar-refractivity contribution in [3.63, 3.8) is 0 Å². The quantitative estimate of drug-likeness (QED) is 0.349. The van der Waals surface area contributed by atoms with Crippen LogP contribution < -0.4 is 11.1 Å². The standard InChI is InChI=1S/C12H25N3O/c13-12(15-11-7-3-4-8-11)14-9-5-1-2-6-10-16/h11,16H,1-10H2,(H3,13,14,15). The molecule has 0 radical (unpaired) electrons. The SMILES string of the molecule is NC(=NCCCCCCO)NC1CCCC1. The van der Waals surface area contributed by atoms with Crippen molar-refractivity contribution in [1.29, 1.82) is 0 Å². The molecule has 0 atom stereocenters. The summed E-state index contributed by atoms with van der Waals surface area (Å²) in [6.45, 7) is 1.10. The van der Waals surface area contributed by atoms with Crippen LogP contribution in [0.15, 0.2) is 4.99 Å². The van der Waals surface area contributed by atoms with Crippen LogP contribution >= 0.6 is 0 Å². The van der Waals surface area contributed by atoms with Gasteiger partial charge in [0, 0.05) is 19.2 Å². The highest BCUT2D eigenvalue weighted by Crippen LogP contribution is 2.17.